The van der Waals surface area contributed by atoms with Gasteiger partial charge in [0.05, 0.1) is 35.6 Å². The standard InChI is InChI=1S/C27H26N6O/c1-18-13-23(33-32-18)22-14-24-27(31-16-22)34-25(17-30-24)26(21-5-3-2-4-6-21)29-12-11-19-7-9-20(15-28)10-8-19/h2-10,13-14,16,25-26,29-30H,11-12,17H2,1H3,(H,32,33)/t25-,26+/m0/s1. The number of benzene rings is 2. The highest BCUT2D eigenvalue weighted by Gasteiger charge is 2.29. The number of anilines is 1. The summed E-state index contributed by atoms with van der Waals surface area (Å²) < 4.78 is 6.38. The lowest BCUT2D eigenvalue weighted by molar-refractivity contribution is 0.150. The van der Waals surface area contributed by atoms with Crippen LogP contribution >= 0.6 is 0 Å². The van der Waals surface area contributed by atoms with Crippen molar-refractivity contribution in [1.29, 1.82) is 5.26 Å². The van der Waals surface area contributed by atoms with Gasteiger partial charge >= 0.3 is 0 Å². The number of nitriles is 1. The molecular weight excluding hydrogens is 424 g/mol. The van der Waals surface area contributed by atoms with Crippen LogP contribution in [0.15, 0.2) is 72.9 Å². The van der Waals surface area contributed by atoms with E-state index in [1.165, 1.54) is 11.1 Å². The Morgan fingerprint density at radius 1 is 1.15 bits per heavy atom. The summed E-state index contributed by atoms with van der Waals surface area (Å²) in [5.74, 6) is 0.599. The Morgan fingerprint density at radius 3 is 2.71 bits per heavy atom. The van der Waals surface area contributed by atoms with Gasteiger partial charge in [0.25, 0.3) is 0 Å². The summed E-state index contributed by atoms with van der Waals surface area (Å²) in [7, 11) is 0. The average Bonchev–Trinajstić information content (AvgIpc) is 3.33. The summed E-state index contributed by atoms with van der Waals surface area (Å²) in [4.78, 5) is 4.58. The van der Waals surface area contributed by atoms with Crippen molar-refractivity contribution < 1.29 is 4.74 Å². The molecule has 0 bridgehead atoms. The van der Waals surface area contributed by atoms with Crippen LogP contribution in [-0.4, -0.2) is 34.4 Å². The molecule has 0 unspecified atom stereocenters. The minimum Gasteiger partial charge on any atom is -0.469 e. The summed E-state index contributed by atoms with van der Waals surface area (Å²) in [6.45, 7) is 3.41. The summed E-state index contributed by atoms with van der Waals surface area (Å²) >= 11 is 0. The summed E-state index contributed by atoms with van der Waals surface area (Å²) in [6.07, 6.45) is 2.53. The number of fused-ring (bicyclic) bond motifs is 1. The van der Waals surface area contributed by atoms with E-state index >= 15 is 0 Å². The highest BCUT2D eigenvalue weighted by Crippen LogP contribution is 2.33. The highest BCUT2D eigenvalue weighted by molar-refractivity contribution is 5.67. The molecule has 0 radical (unpaired) electrons. The maximum absolute atomic E-state index is 9.00. The van der Waals surface area contributed by atoms with Crippen LogP contribution in [0, 0.1) is 18.3 Å². The van der Waals surface area contributed by atoms with Crippen LogP contribution in [0.2, 0.25) is 0 Å². The normalized spacial score (nSPS) is 15.5. The summed E-state index contributed by atoms with van der Waals surface area (Å²) in [6, 6.07) is 24.3. The van der Waals surface area contributed by atoms with Crippen LogP contribution in [0.1, 0.15) is 28.4 Å². The predicted octanol–water partition coefficient (Wildman–Crippen LogP) is 4.40. The SMILES string of the molecule is Cc1cc(-c2cnc3c(c2)NC[C@@H]([C@H](NCCc2ccc(C#N)cc2)c2ccccc2)O3)n[nH]1. The second-order valence-corrected chi connectivity index (χ2v) is 8.45. The molecule has 7 nitrogen and oxygen atoms in total. The molecule has 3 heterocycles. The van der Waals surface area contributed by atoms with Gasteiger partial charge in [0, 0.05) is 17.5 Å². The molecule has 0 saturated carbocycles. The number of H-pyrrole nitrogens is 1. The zero-order valence-corrected chi connectivity index (χ0v) is 19.0. The van der Waals surface area contributed by atoms with Crippen molar-refractivity contribution in [2.24, 2.45) is 0 Å². The van der Waals surface area contributed by atoms with Crippen LogP contribution in [0.4, 0.5) is 5.69 Å². The average molecular weight is 451 g/mol. The largest absolute Gasteiger partial charge is 0.469 e. The third kappa shape index (κ3) is 4.77. The molecule has 4 aromatic rings. The molecule has 1 aliphatic rings. The van der Waals surface area contributed by atoms with E-state index in [9.17, 15) is 0 Å². The third-order valence-electron chi connectivity index (χ3n) is 6.00. The maximum atomic E-state index is 9.00. The molecule has 0 fully saturated rings. The van der Waals surface area contributed by atoms with Gasteiger partial charge in [0.1, 0.15) is 6.10 Å². The first kappa shape index (κ1) is 21.7. The molecule has 34 heavy (non-hydrogen) atoms. The van der Waals surface area contributed by atoms with E-state index < -0.39 is 0 Å². The van der Waals surface area contributed by atoms with E-state index in [0.717, 1.165) is 35.6 Å². The Hall–Kier alpha value is -4.15. The number of aryl methyl sites for hydroxylation is 1. The van der Waals surface area contributed by atoms with Crippen molar-refractivity contribution in [2.75, 3.05) is 18.4 Å². The number of aromatic amines is 1. The fourth-order valence-corrected chi connectivity index (χ4v) is 4.20. The molecule has 1 aliphatic heterocycles. The molecule has 3 N–H and O–H groups in total. The second-order valence-electron chi connectivity index (χ2n) is 8.45. The molecule has 170 valence electrons. The summed E-state index contributed by atoms with van der Waals surface area (Å²) in [5.41, 5.74) is 6.72. The Morgan fingerprint density at radius 2 is 1.97 bits per heavy atom. The second kappa shape index (κ2) is 9.77. The molecule has 0 aliphatic carbocycles. The zero-order chi connectivity index (χ0) is 23.3. The Labute approximate surface area is 198 Å². The van der Waals surface area contributed by atoms with Crippen molar-refractivity contribution >= 4 is 5.69 Å². The van der Waals surface area contributed by atoms with Crippen molar-refractivity contribution in [3.8, 4) is 23.2 Å². The highest BCUT2D eigenvalue weighted by atomic mass is 16.5. The quantitative estimate of drug-likeness (QED) is 0.386. The number of rotatable bonds is 7. The predicted molar refractivity (Wildman–Crippen MR) is 132 cm³/mol. The number of hydrogen-bond donors (Lipinski definition) is 3. The van der Waals surface area contributed by atoms with E-state index in [1.807, 2.05) is 61.5 Å². The first-order valence-electron chi connectivity index (χ1n) is 11.4. The van der Waals surface area contributed by atoms with Gasteiger partial charge in [0.15, 0.2) is 0 Å². The lowest BCUT2D eigenvalue weighted by Crippen LogP contribution is -2.43. The molecule has 2 atom stereocenters. The first-order chi connectivity index (χ1) is 16.7. The van der Waals surface area contributed by atoms with Gasteiger partial charge in [-0.05, 0) is 55.3 Å². The maximum Gasteiger partial charge on any atom is 0.237 e. The van der Waals surface area contributed by atoms with E-state index in [2.05, 4.69) is 44.0 Å². The number of aromatic nitrogens is 3. The molecule has 0 spiro atoms. The molecular formula is C27H26N6O. The topological polar surface area (TPSA) is 98.7 Å². The van der Waals surface area contributed by atoms with Gasteiger partial charge in [-0.15, -0.1) is 0 Å². The lowest BCUT2D eigenvalue weighted by Gasteiger charge is -2.33. The minimum absolute atomic E-state index is 0.00398. The monoisotopic (exact) mass is 450 g/mol. The van der Waals surface area contributed by atoms with Gasteiger partial charge in [-0.1, -0.05) is 42.5 Å². The molecule has 2 aromatic heterocycles. The number of hydrogen-bond acceptors (Lipinski definition) is 6. The van der Waals surface area contributed by atoms with Gasteiger partial charge in [-0.2, -0.15) is 10.4 Å². The van der Waals surface area contributed by atoms with Crippen molar-refractivity contribution in [2.45, 2.75) is 25.5 Å². The van der Waals surface area contributed by atoms with E-state index in [4.69, 9.17) is 10.00 Å². The first-order valence-corrected chi connectivity index (χ1v) is 11.4. The van der Waals surface area contributed by atoms with Crippen LogP contribution in [-0.2, 0) is 6.42 Å². The van der Waals surface area contributed by atoms with Crippen molar-refractivity contribution in [3.05, 3.63) is 95.3 Å². The molecule has 7 heteroatoms. The van der Waals surface area contributed by atoms with Gasteiger partial charge in [-0.3, -0.25) is 5.10 Å². The minimum atomic E-state index is -0.123. The van der Waals surface area contributed by atoms with Crippen LogP contribution in [0.5, 0.6) is 5.88 Å². The number of nitrogens with one attached hydrogen (secondary N) is 3. The fraction of sp³-hybridized carbons (Fsp3) is 0.222. The summed E-state index contributed by atoms with van der Waals surface area (Å²) in [5, 5.41) is 23.5. The fourth-order valence-electron chi connectivity index (χ4n) is 4.20. The van der Waals surface area contributed by atoms with Crippen LogP contribution < -0.4 is 15.4 Å². The number of ether oxygens (including phenoxy) is 1. The van der Waals surface area contributed by atoms with Gasteiger partial charge in [-0.25, -0.2) is 4.98 Å². The van der Waals surface area contributed by atoms with E-state index in [0.29, 0.717) is 18.0 Å². The molecule has 0 amide bonds. The Balaban J connectivity index is 1.30. The lowest BCUT2D eigenvalue weighted by atomic mass is 9.99. The molecule has 5 rings (SSSR count). The Kier molecular flexibility index (Phi) is 6.23. The van der Waals surface area contributed by atoms with E-state index in [-0.39, 0.29) is 12.1 Å². The number of pyridine rings is 1. The van der Waals surface area contributed by atoms with Crippen molar-refractivity contribution in [3.63, 3.8) is 0 Å². The molecule has 0 saturated heterocycles. The third-order valence-corrected chi connectivity index (χ3v) is 6.00. The smallest absolute Gasteiger partial charge is 0.237 e. The van der Waals surface area contributed by atoms with E-state index in [1.54, 1.807) is 6.20 Å². The van der Waals surface area contributed by atoms with Gasteiger partial charge in [0.2, 0.25) is 5.88 Å². The number of nitrogens with zero attached hydrogens (tertiary/aromatic N) is 3. The molecule has 2 aromatic carbocycles. The van der Waals surface area contributed by atoms with Crippen LogP contribution in [0.3, 0.4) is 0 Å². The van der Waals surface area contributed by atoms with Crippen LogP contribution in [0.25, 0.3) is 11.3 Å². The zero-order valence-electron chi connectivity index (χ0n) is 19.0. The van der Waals surface area contributed by atoms with Gasteiger partial charge < -0.3 is 15.4 Å². The van der Waals surface area contributed by atoms with Crippen molar-refractivity contribution in [1.82, 2.24) is 20.5 Å². The Bertz CT molecular complexity index is 1290.